The minimum atomic E-state index is -0.319. The molecule has 1 amide bonds. The van der Waals surface area contributed by atoms with E-state index < -0.39 is 0 Å². The van der Waals surface area contributed by atoms with E-state index in [-0.39, 0.29) is 16.1 Å². The molecule has 2 aromatic rings. The molecular formula is C11H10Cl2N4O. The van der Waals surface area contributed by atoms with E-state index in [2.05, 4.69) is 20.5 Å². The lowest BCUT2D eigenvalue weighted by atomic mass is 10.2. The van der Waals surface area contributed by atoms with Gasteiger partial charge >= 0.3 is 0 Å². The summed E-state index contributed by atoms with van der Waals surface area (Å²) in [5.74, 6) is 0.258. The fourth-order valence-electron chi connectivity index (χ4n) is 1.42. The third-order valence-corrected chi connectivity index (χ3v) is 3.08. The molecule has 0 aliphatic carbocycles. The Bertz CT molecular complexity index is 582. The van der Waals surface area contributed by atoms with E-state index >= 15 is 0 Å². The number of halogens is 2. The summed E-state index contributed by atoms with van der Waals surface area (Å²) < 4.78 is 0. The highest BCUT2D eigenvalue weighted by Gasteiger charge is 2.12. The second-order valence-corrected chi connectivity index (χ2v) is 4.34. The van der Waals surface area contributed by atoms with Gasteiger partial charge in [-0.05, 0) is 12.5 Å². The zero-order valence-electron chi connectivity index (χ0n) is 9.50. The van der Waals surface area contributed by atoms with Crippen molar-refractivity contribution in [1.82, 2.24) is 15.2 Å². The van der Waals surface area contributed by atoms with Crippen molar-refractivity contribution >= 4 is 34.9 Å². The SMILES string of the molecule is CCc1cn[nH]c1NC(=O)c1cnc(Cl)c(Cl)c1. The summed E-state index contributed by atoms with van der Waals surface area (Å²) in [5.41, 5.74) is 1.26. The van der Waals surface area contributed by atoms with Crippen LogP contribution in [0.2, 0.25) is 10.2 Å². The Labute approximate surface area is 114 Å². The summed E-state index contributed by atoms with van der Waals surface area (Å²) in [6, 6.07) is 1.47. The van der Waals surface area contributed by atoms with Gasteiger partial charge in [-0.15, -0.1) is 0 Å². The maximum Gasteiger partial charge on any atom is 0.258 e. The van der Waals surface area contributed by atoms with E-state index in [1.165, 1.54) is 12.3 Å². The number of nitrogens with one attached hydrogen (secondary N) is 2. The number of carbonyl (C=O) groups is 1. The van der Waals surface area contributed by atoms with Crippen LogP contribution in [0.5, 0.6) is 0 Å². The van der Waals surface area contributed by atoms with E-state index in [0.29, 0.717) is 11.4 Å². The van der Waals surface area contributed by atoms with E-state index in [4.69, 9.17) is 23.2 Å². The monoisotopic (exact) mass is 284 g/mol. The van der Waals surface area contributed by atoms with Gasteiger partial charge in [0.15, 0.2) is 0 Å². The molecule has 2 heterocycles. The van der Waals surface area contributed by atoms with Crippen molar-refractivity contribution in [2.24, 2.45) is 0 Å². The number of nitrogens with zero attached hydrogens (tertiary/aromatic N) is 2. The smallest absolute Gasteiger partial charge is 0.258 e. The third kappa shape index (κ3) is 2.63. The minimum Gasteiger partial charge on any atom is -0.307 e. The van der Waals surface area contributed by atoms with Crippen LogP contribution in [-0.2, 0) is 6.42 Å². The number of carbonyl (C=O) groups excluding carboxylic acids is 1. The van der Waals surface area contributed by atoms with Gasteiger partial charge in [-0.1, -0.05) is 30.1 Å². The molecule has 5 nitrogen and oxygen atoms in total. The van der Waals surface area contributed by atoms with Crippen LogP contribution < -0.4 is 5.32 Å². The molecule has 0 saturated carbocycles. The van der Waals surface area contributed by atoms with Crippen molar-refractivity contribution in [2.45, 2.75) is 13.3 Å². The maximum atomic E-state index is 11.9. The van der Waals surface area contributed by atoms with E-state index in [1.807, 2.05) is 6.92 Å². The molecule has 0 radical (unpaired) electrons. The van der Waals surface area contributed by atoms with Gasteiger partial charge in [0.2, 0.25) is 0 Å². The van der Waals surface area contributed by atoms with Gasteiger partial charge in [0.25, 0.3) is 5.91 Å². The van der Waals surface area contributed by atoms with Gasteiger partial charge in [0, 0.05) is 11.8 Å². The van der Waals surface area contributed by atoms with Crippen molar-refractivity contribution in [2.75, 3.05) is 5.32 Å². The highest BCUT2D eigenvalue weighted by molar-refractivity contribution is 6.41. The molecule has 0 fully saturated rings. The van der Waals surface area contributed by atoms with Crippen molar-refractivity contribution in [3.63, 3.8) is 0 Å². The molecule has 0 aromatic carbocycles. The lowest BCUT2D eigenvalue weighted by Crippen LogP contribution is -2.13. The van der Waals surface area contributed by atoms with Gasteiger partial charge in [-0.3, -0.25) is 9.89 Å². The summed E-state index contributed by atoms with van der Waals surface area (Å²) in [7, 11) is 0. The normalized spacial score (nSPS) is 10.4. The molecule has 94 valence electrons. The van der Waals surface area contributed by atoms with Crippen molar-refractivity contribution < 1.29 is 4.79 Å². The molecule has 7 heteroatoms. The molecule has 0 bridgehead atoms. The van der Waals surface area contributed by atoms with E-state index in [1.54, 1.807) is 6.20 Å². The molecule has 0 atom stereocenters. The zero-order chi connectivity index (χ0) is 13.1. The van der Waals surface area contributed by atoms with Crippen LogP contribution in [0.3, 0.4) is 0 Å². The Hall–Kier alpha value is -1.59. The Balaban J connectivity index is 2.19. The second kappa shape index (κ2) is 5.37. The van der Waals surface area contributed by atoms with Crippen LogP contribution in [0, 0.1) is 0 Å². The summed E-state index contributed by atoms with van der Waals surface area (Å²) in [5, 5.41) is 9.71. The largest absolute Gasteiger partial charge is 0.307 e. The molecule has 0 aliphatic rings. The van der Waals surface area contributed by atoms with Crippen LogP contribution in [0.1, 0.15) is 22.8 Å². The van der Waals surface area contributed by atoms with Crippen LogP contribution in [0.15, 0.2) is 18.5 Å². The number of rotatable bonds is 3. The minimum absolute atomic E-state index is 0.170. The molecule has 2 rings (SSSR count). The summed E-state index contributed by atoms with van der Waals surface area (Å²) in [4.78, 5) is 15.8. The number of amides is 1. The standard InChI is InChI=1S/C11H10Cl2N4O/c1-2-6-5-15-17-10(6)16-11(18)7-3-8(12)9(13)14-4-7/h3-5H,2H2,1H3,(H2,15,16,17,18). The quantitative estimate of drug-likeness (QED) is 0.852. The Morgan fingerprint density at radius 2 is 2.22 bits per heavy atom. The molecule has 0 spiro atoms. The fourth-order valence-corrected chi connectivity index (χ4v) is 1.69. The number of aryl methyl sites for hydroxylation is 1. The highest BCUT2D eigenvalue weighted by atomic mass is 35.5. The summed E-state index contributed by atoms with van der Waals surface area (Å²) in [6.45, 7) is 1.97. The predicted molar refractivity (Wildman–Crippen MR) is 70.2 cm³/mol. The van der Waals surface area contributed by atoms with Crippen LogP contribution in [0.4, 0.5) is 5.82 Å². The molecule has 0 saturated heterocycles. The van der Waals surface area contributed by atoms with Gasteiger partial charge in [0.05, 0.1) is 16.8 Å². The number of H-pyrrole nitrogens is 1. The average Bonchev–Trinajstić information content (AvgIpc) is 2.79. The van der Waals surface area contributed by atoms with E-state index in [0.717, 1.165) is 12.0 Å². The fraction of sp³-hybridized carbons (Fsp3) is 0.182. The van der Waals surface area contributed by atoms with Crippen LogP contribution in [0.25, 0.3) is 0 Å². The van der Waals surface area contributed by atoms with Gasteiger partial charge in [-0.2, -0.15) is 5.10 Å². The first-order chi connectivity index (χ1) is 8.61. The number of anilines is 1. The van der Waals surface area contributed by atoms with Crippen LogP contribution in [-0.4, -0.2) is 21.1 Å². The molecular weight excluding hydrogens is 275 g/mol. The molecule has 2 aromatic heterocycles. The number of aromatic amines is 1. The number of aromatic nitrogens is 3. The maximum absolute atomic E-state index is 11.9. The number of hydrogen-bond donors (Lipinski definition) is 2. The average molecular weight is 285 g/mol. The lowest BCUT2D eigenvalue weighted by molar-refractivity contribution is 0.102. The molecule has 18 heavy (non-hydrogen) atoms. The molecule has 0 unspecified atom stereocenters. The number of pyridine rings is 1. The van der Waals surface area contributed by atoms with Crippen molar-refractivity contribution in [3.8, 4) is 0 Å². The first-order valence-electron chi connectivity index (χ1n) is 5.26. The van der Waals surface area contributed by atoms with Crippen molar-refractivity contribution in [3.05, 3.63) is 39.8 Å². The molecule has 0 aliphatic heterocycles. The topological polar surface area (TPSA) is 70.7 Å². The third-order valence-electron chi connectivity index (χ3n) is 2.40. The predicted octanol–water partition coefficient (Wildman–Crippen LogP) is 2.93. The van der Waals surface area contributed by atoms with Gasteiger partial charge in [-0.25, -0.2) is 4.98 Å². The first kappa shape index (κ1) is 12.9. The zero-order valence-corrected chi connectivity index (χ0v) is 11.0. The van der Waals surface area contributed by atoms with Crippen molar-refractivity contribution in [1.29, 1.82) is 0 Å². The first-order valence-corrected chi connectivity index (χ1v) is 6.02. The lowest BCUT2D eigenvalue weighted by Gasteiger charge is -2.05. The second-order valence-electron chi connectivity index (χ2n) is 3.57. The summed E-state index contributed by atoms with van der Waals surface area (Å²) in [6.07, 6.45) is 3.81. The van der Waals surface area contributed by atoms with Gasteiger partial charge in [0.1, 0.15) is 11.0 Å². The van der Waals surface area contributed by atoms with Crippen LogP contribution >= 0.6 is 23.2 Å². The Morgan fingerprint density at radius 1 is 1.44 bits per heavy atom. The molecule has 2 N–H and O–H groups in total. The number of hydrogen-bond acceptors (Lipinski definition) is 3. The highest BCUT2D eigenvalue weighted by Crippen LogP contribution is 2.20. The van der Waals surface area contributed by atoms with E-state index in [9.17, 15) is 4.79 Å². The Morgan fingerprint density at radius 3 is 2.89 bits per heavy atom. The Kier molecular flexibility index (Phi) is 3.84. The van der Waals surface area contributed by atoms with Gasteiger partial charge < -0.3 is 5.32 Å². The summed E-state index contributed by atoms with van der Waals surface area (Å²) >= 11 is 11.5.